The van der Waals surface area contributed by atoms with E-state index in [1.807, 2.05) is 12.2 Å². The Morgan fingerprint density at radius 2 is 2.12 bits per heavy atom. The summed E-state index contributed by atoms with van der Waals surface area (Å²) in [5, 5.41) is 21.6. The number of ether oxygens (including phenoxy) is 1. The van der Waals surface area contributed by atoms with Crippen LogP contribution in [-0.4, -0.2) is 25.3 Å². The Bertz CT molecular complexity index is 724. The standard InChI is InChI=1S/C20H28N4O2/c1-6-9-23-14(2)17(12-22)19(25)24-16-7-8-18(15(10-16)11-21)26-13-20(3,4)5/h7-8,10,12,22-23H,6,9,13H2,1-5H3,(H,24,25)/p+1/b17-14+,22-12?. The molecule has 1 amide bonds. The Morgan fingerprint density at radius 3 is 2.65 bits per heavy atom. The molecule has 6 heteroatoms. The highest BCUT2D eigenvalue weighted by atomic mass is 16.5. The van der Waals surface area contributed by atoms with E-state index in [9.17, 15) is 10.1 Å². The van der Waals surface area contributed by atoms with Gasteiger partial charge in [0.25, 0.3) is 5.91 Å². The second-order valence-corrected chi connectivity index (χ2v) is 7.36. The van der Waals surface area contributed by atoms with Gasteiger partial charge in [0.05, 0.1) is 18.7 Å². The maximum Gasteiger partial charge on any atom is 0.262 e. The lowest BCUT2D eigenvalue weighted by atomic mass is 9.98. The summed E-state index contributed by atoms with van der Waals surface area (Å²) in [6.45, 7) is 11.4. The lowest BCUT2D eigenvalue weighted by molar-refractivity contribution is -0.606. The van der Waals surface area contributed by atoms with Crippen molar-refractivity contribution in [2.75, 3.05) is 18.5 Å². The van der Waals surface area contributed by atoms with E-state index in [0.717, 1.165) is 24.9 Å². The van der Waals surface area contributed by atoms with Crippen molar-refractivity contribution in [2.45, 2.75) is 41.0 Å². The average molecular weight is 357 g/mol. The summed E-state index contributed by atoms with van der Waals surface area (Å²) in [5.74, 6) is 0.132. The molecule has 0 heterocycles. The third-order valence-electron chi connectivity index (χ3n) is 3.57. The molecular weight excluding hydrogens is 328 g/mol. The number of nitriles is 1. The van der Waals surface area contributed by atoms with Crippen LogP contribution in [0.15, 0.2) is 29.5 Å². The lowest BCUT2D eigenvalue weighted by Crippen LogP contribution is -2.82. The van der Waals surface area contributed by atoms with E-state index in [2.05, 4.69) is 39.1 Å². The largest absolute Gasteiger partial charge is 0.492 e. The van der Waals surface area contributed by atoms with Gasteiger partial charge in [0.1, 0.15) is 23.1 Å². The van der Waals surface area contributed by atoms with Gasteiger partial charge in [-0.1, -0.05) is 27.7 Å². The molecule has 0 aliphatic heterocycles. The second-order valence-electron chi connectivity index (χ2n) is 7.36. The number of nitrogens with zero attached hydrogens (tertiary/aromatic N) is 1. The van der Waals surface area contributed by atoms with E-state index in [1.54, 1.807) is 18.2 Å². The number of anilines is 1. The molecule has 0 unspecified atom stereocenters. The minimum absolute atomic E-state index is 0.0181. The van der Waals surface area contributed by atoms with Crippen LogP contribution in [-0.2, 0) is 4.79 Å². The number of benzene rings is 1. The monoisotopic (exact) mass is 357 g/mol. The number of allylic oxidation sites excluding steroid dienone is 1. The van der Waals surface area contributed by atoms with Gasteiger partial charge in [0, 0.05) is 18.8 Å². The molecule has 140 valence electrons. The summed E-state index contributed by atoms with van der Waals surface area (Å²) in [7, 11) is 0. The smallest absolute Gasteiger partial charge is 0.262 e. The molecule has 1 rings (SSSR count). The number of hydrogen-bond acceptors (Lipinski definition) is 4. The summed E-state index contributed by atoms with van der Waals surface area (Å²) < 4.78 is 5.72. The van der Waals surface area contributed by atoms with Crippen LogP contribution >= 0.6 is 0 Å². The summed E-state index contributed by atoms with van der Waals surface area (Å²) >= 11 is 0. The molecule has 0 aliphatic rings. The molecule has 4 N–H and O–H groups in total. The van der Waals surface area contributed by atoms with Gasteiger partial charge in [-0.15, -0.1) is 0 Å². The molecule has 0 bridgehead atoms. The molecule has 6 nitrogen and oxygen atoms in total. The van der Waals surface area contributed by atoms with E-state index in [4.69, 9.17) is 10.1 Å². The molecular formula is C20H29N4O2+. The van der Waals surface area contributed by atoms with E-state index < -0.39 is 0 Å². The Morgan fingerprint density at radius 1 is 1.42 bits per heavy atom. The van der Waals surface area contributed by atoms with E-state index >= 15 is 0 Å². The molecule has 0 aliphatic carbocycles. The number of nitrogens with two attached hydrogens (primary N) is 1. The van der Waals surface area contributed by atoms with Gasteiger partial charge in [-0.3, -0.25) is 4.79 Å². The van der Waals surface area contributed by atoms with E-state index in [0.29, 0.717) is 29.2 Å². The van der Waals surface area contributed by atoms with Crippen LogP contribution in [0.4, 0.5) is 5.69 Å². The summed E-state index contributed by atoms with van der Waals surface area (Å²) in [4.78, 5) is 12.4. The van der Waals surface area contributed by atoms with E-state index in [1.165, 1.54) is 0 Å². The van der Waals surface area contributed by atoms with Crippen molar-refractivity contribution in [3.8, 4) is 11.8 Å². The molecule has 0 saturated heterocycles. The van der Waals surface area contributed by atoms with Crippen molar-refractivity contribution in [1.82, 2.24) is 0 Å². The minimum atomic E-state index is -0.364. The van der Waals surface area contributed by atoms with Crippen molar-refractivity contribution < 1.29 is 14.8 Å². The number of nitrogens with one attached hydrogen (secondary N) is 2. The van der Waals surface area contributed by atoms with Crippen molar-refractivity contribution in [1.29, 1.82) is 10.7 Å². The highest BCUT2D eigenvalue weighted by Crippen LogP contribution is 2.25. The van der Waals surface area contributed by atoms with Gasteiger partial charge in [-0.2, -0.15) is 5.26 Å². The van der Waals surface area contributed by atoms with Crippen LogP contribution in [0.3, 0.4) is 0 Å². The molecule has 26 heavy (non-hydrogen) atoms. The van der Waals surface area contributed by atoms with E-state index in [-0.39, 0.29) is 11.3 Å². The molecule has 1 aromatic carbocycles. The Labute approximate surface area is 155 Å². The van der Waals surface area contributed by atoms with Crippen LogP contribution in [0.5, 0.6) is 5.75 Å². The number of hydrogen-bond donors (Lipinski definition) is 3. The second kappa shape index (κ2) is 9.73. The fraction of sp³-hybridized carbons (Fsp3) is 0.450. The molecule has 0 saturated carbocycles. The van der Waals surface area contributed by atoms with Crippen molar-refractivity contribution in [3.05, 3.63) is 35.0 Å². The van der Waals surface area contributed by atoms with Crippen LogP contribution < -0.4 is 15.4 Å². The number of rotatable bonds is 8. The van der Waals surface area contributed by atoms with Gasteiger partial charge in [0.2, 0.25) is 0 Å². The first-order chi connectivity index (χ1) is 12.2. The quantitative estimate of drug-likeness (QED) is 0.492. The molecule has 0 spiro atoms. The first kappa shape index (κ1) is 21.4. The normalized spacial score (nSPS) is 12.0. The molecule has 0 aromatic heterocycles. The fourth-order valence-electron chi connectivity index (χ4n) is 2.14. The number of carbonyl (C=O) groups is 1. The lowest BCUT2D eigenvalue weighted by Gasteiger charge is -2.19. The summed E-state index contributed by atoms with van der Waals surface area (Å²) in [6, 6.07) is 7.07. The van der Waals surface area contributed by atoms with Gasteiger partial charge < -0.3 is 20.8 Å². The Hall–Kier alpha value is -2.65. The average Bonchev–Trinajstić information content (AvgIpc) is 2.58. The molecule has 0 radical (unpaired) electrons. The summed E-state index contributed by atoms with van der Waals surface area (Å²) in [5.41, 5.74) is 1.92. The van der Waals surface area contributed by atoms with Gasteiger partial charge in [0.15, 0.2) is 0 Å². The highest BCUT2D eigenvalue weighted by molar-refractivity contribution is 6.17. The zero-order valence-corrected chi connectivity index (χ0v) is 16.3. The highest BCUT2D eigenvalue weighted by Gasteiger charge is 2.16. The van der Waals surface area contributed by atoms with Crippen LogP contribution in [0.2, 0.25) is 0 Å². The van der Waals surface area contributed by atoms with Crippen molar-refractivity contribution >= 4 is 17.8 Å². The third kappa shape index (κ3) is 6.69. The number of carbonyl (C=O) groups excluding carboxylic acids is 1. The molecule has 1 aromatic rings. The molecule has 0 atom stereocenters. The van der Waals surface area contributed by atoms with Gasteiger partial charge in [-0.05, 0) is 30.0 Å². The zero-order chi connectivity index (χ0) is 19.7. The van der Waals surface area contributed by atoms with Gasteiger partial charge >= 0.3 is 0 Å². The molecule has 0 fully saturated rings. The Kier molecular flexibility index (Phi) is 8.01. The number of quaternary nitrogens is 1. The first-order valence-electron chi connectivity index (χ1n) is 8.74. The summed E-state index contributed by atoms with van der Waals surface area (Å²) in [6.07, 6.45) is 2.04. The maximum absolute atomic E-state index is 12.4. The van der Waals surface area contributed by atoms with Gasteiger partial charge in [-0.25, -0.2) is 0 Å². The third-order valence-corrected chi connectivity index (χ3v) is 3.57. The van der Waals surface area contributed by atoms with Crippen molar-refractivity contribution in [2.24, 2.45) is 5.41 Å². The zero-order valence-electron chi connectivity index (χ0n) is 16.3. The predicted molar refractivity (Wildman–Crippen MR) is 103 cm³/mol. The SMILES string of the molecule is CCC[NH2+]/C(C)=C(\C=N)C(=O)Nc1ccc(OCC(C)(C)C)c(C#N)c1. The van der Waals surface area contributed by atoms with Crippen molar-refractivity contribution in [3.63, 3.8) is 0 Å². The Balaban J connectivity index is 2.95. The fourth-order valence-corrected chi connectivity index (χ4v) is 2.14. The maximum atomic E-state index is 12.4. The van der Waals surface area contributed by atoms with Crippen LogP contribution in [0, 0.1) is 22.2 Å². The topological polar surface area (TPSA) is 103 Å². The minimum Gasteiger partial charge on any atom is -0.492 e. The predicted octanol–water partition coefficient (Wildman–Crippen LogP) is 2.82. The number of amides is 1. The van der Waals surface area contributed by atoms with Crippen LogP contribution in [0.1, 0.15) is 46.6 Å². The van der Waals surface area contributed by atoms with Crippen LogP contribution in [0.25, 0.3) is 0 Å². The first-order valence-corrected chi connectivity index (χ1v) is 8.74.